The van der Waals surface area contributed by atoms with E-state index < -0.39 is 4.92 Å². The Morgan fingerprint density at radius 1 is 1.33 bits per heavy atom. The molecule has 2 rings (SSSR count). The van der Waals surface area contributed by atoms with Gasteiger partial charge in [-0.3, -0.25) is 10.1 Å². The van der Waals surface area contributed by atoms with E-state index >= 15 is 0 Å². The minimum absolute atomic E-state index is 0.114. The highest BCUT2D eigenvalue weighted by Crippen LogP contribution is 2.33. The third kappa shape index (κ3) is 3.29. The van der Waals surface area contributed by atoms with E-state index in [1.54, 1.807) is 12.1 Å². The maximum atomic E-state index is 11.0. The summed E-state index contributed by atoms with van der Waals surface area (Å²) in [7, 11) is 0. The molecule has 110 valence electrons. The van der Waals surface area contributed by atoms with E-state index in [-0.39, 0.29) is 17.4 Å². The number of anilines is 1. The lowest BCUT2D eigenvalue weighted by atomic mass is 10.1. The van der Waals surface area contributed by atoms with E-state index in [0.717, 1.165) is 15.6 Å². The molecule has 0 unspecified atom stereocenters. The molecule has 1 aromatic heterocycles. The van der Waals surface area contributed by atoms with E-state index in [4.69, 9.17) is 10.6 Å². The van der Waals surface area contributed by atoms with Gasteiger partial charge in [0, 0.05) is 10.5 Å². The zero-order chi connectivity index (χ0) is 15.6. The Morgan fingerprint density at radius 3 is 2.48 bits per heavy atom. The molecule has 0 bridgehead atoms. The molecule has 8 heteroatoms. The van der Waals surface area contributed by atoms with Crippen LogP contribution in [0.5, 0.6) is 11.6 Å². The Balaban J connectivity index is 2.45. The first-order chi connectivity index (χ1) is 9.92. The first-order valence-electron chi connectivity index (χ1n) is 5.99. The van der Waals surface area contributed by atoms with Gasteiger partial charge in [-0.1, -0.05) is 15.9 Å². The third-order valence-electron chi connectivity index (χ3n) is 2.81. The predicted octanol–water partition coefficient (Wildman–Crippen LogP) is 3.45. The lowest BCUT2D eigenvalue weighted by molar-refractivity contribution is -0.386. The summed E-state index contributed by atoms with van der Waals surface area (Å²) in [4.78, 5) is 14.4. The van der Waals surface area contributed by atoms with E-state index in [0.29, 0.717) is 5.75 Å². The van der Waals surface area contributed by atoms with Crippen molar-refractivity contribution in [1.29, 1.82) is 0 Å². The summed E-state index contributed by atoms with van der Waals surface area (Å²) in [6, 6.07) is 6.23. The van der Waals surface area contributed by atoms with Crippen molar-refractivity contribution in [1.82, 2.24) is 4.98 Å². The van der Waals surface area contributed by atoms with E-state index in [2.05, 4.69) is 26.3 Å². The second kappa shape index (κ2) is 6.06. The Hall–Kier alpha value is -2.19. The lowest BCUT2D eigenvalue weighted by Crippen LogP contribution is -2.09. The van der Waals surface area contributed by atoms with Gasteiger partial charge in [-0.15, -0.1) is 0 Å². The van der Waals surface area contributed by atoms with Crippen molar-refractivity contribution in [3.8, 4) is 11.6 Å². The van der Waals surface area contributed by atoms with Crippen LogP contribution in [0.2, 0.25) is 0 Å². The van der Waals surface area contributed by atoms with Gasteiger partial charge in [-0.2, -0.15) is 4.98 Å². The van der Waals surface area contributed by atoms with Gasteiger partial charge in [0.05, 0.1) is 4.92 Å². The van der Waals surface area contributed by atoms with E-state index in [9.17, 15) is 10.1 Å². The van der Waals surface area contributed by atoms with E-state index in [1.807, 2.05) is 13.8 Å². The molecule has 0 fully saturated rings. The molecule has 7 nitrogen and oxygen atoms in total. The zero-order valence-electron chi connectivity index (χ0n) is 11.4. The molecule has 0 aliphatic heterocycles. The number of benzene rings is 1. The second-order valence-corrected chi connectivity index (χ2v) is 5.19. The minimum Gasteiger partial charge on any atom is -0.434 e. The van der Waals surface area contributed by atoms with E-state index in [1.165, 1.54) is 12.1 Å². The number of aryl methyl sites for hydroxylation is 2. The van der Waals surface area contributed by atoms with Gasteiger partial charge in [0.2, 0.25) is 0 Å². The highest BCUT2D eigenvalue weighted by Gasteiger charge is 2.19. The van der Waals surface area contributed by atoms with Crippen LogP contribution in [0.15, 0.2) is 28.7 Å². The number of hydrazine groups is 1. The first-order valence-corrected chi connectivity index (χ1v) is 6.78. The van der Waals surface area contributed by atoms with Crippen molar-refractivity contribution in [3.05, 3.63) is 50.0 Å². The SMILES string of the molecule is Cc1cc(Oc2nc(NN)ccc2[N+](=O)[O-])cc(C)c1Br. The topological polar surface area (TPSA) is 103 Å². The van der Waals surface area contributed by atoms with Crippen molar-refractivity contribution in [2.45, 2.75) is 13.8 Å². The molecule has 3 N–H and O–H groups in total. The molecular formula is C13H13BrN4O3. The number of rotatable bonds is 4. The Morgan fingerprint density at radius 2 is 1.95 bits per heavy atom. The lowest BCUT2D eigenvalue weighted by Gasteiger charge is -2.10. The van der Waals surface area contributed by atoms with Crippen LogP contribution in [0.3, 0.4) is 0 Å². The number of nitrogen functional groups attached to an aromatic ring is 1. The fraction of sp³-hybridized carbons (Fsp3) is 0.154. The predicted molar refractivity (Wildman–Crippen MR) is 82.4 cm³/mol. The Bertz CT molecular complexity index is 683. The maximum absolute atomic E-state index is 11.0. The van der Waals surface area contributed by atoms with Crippen LogP contribution in [0, 0.1) is 24.0 Å². The number of nitrogens with two attached hydrogens (primary N) is 1. The van der Waals surface area contributed by atoms with Crippen molar-refractivity contribution in [2.24, 2.45) is 5.84 Å². The fourth-order valence-corrected chi connectivity index (χ4v) is 2.03. The largest absolute Gasteiger partial charge is 0.434 e. The highest BCUT2D eigenvalue weighted by atomic mass is 79.9. The van der Waals surface area contributed by atoms with Gasteiger partial charge in [0.1, 0.15) is 11.6 Å². The van der Waals surface area contributed by atoms with Crippen LogP contribution < -0.4 is 16.0 Å². The second-order valence-electron chi connectivity index (χ2n) is 4.40. The molecule has 0 aliphatic rings. The molecule has 0 aliphatic carbocycles. The Labute approximate surface area is 129 Å². The van der Waals surface area contributed by atoms with Gasteiger partial charge < -0.3 is 10.2 Å². The molecule has 1 aromatic carbocycles. The number of aromatic nitrogens is 1. The smallest absolute Gasteiger partial charge is 0.331 e. The summed E-state index contributed by atoms with van der Waals surface area (Å²) in [6.45, 7) is 3.81. The molecule has 0 atom stereocenters. The van der Waals surface area contributed by atoms with Crippen molar-refractivity contribution in [2.75, 3.05) is 5.43 Å². The molecule has 21 heavy (non-hydrogen) atoms. The summed E-state index contributed by atoms with van der Waals surface area (Å²) in [5.41, 5.74) is 4.02. The summed E-state index contributed by atoms with van der Waals surface area (Å²) >= 11 is 3.45. The average molecular weight is 353 g/mol. The molecule has 1 heterocycles. The summed E-state index contributed by atoms with van der Waals surface area (Å²) in [6.07, 6.45) is 0. The number of halogens is 1. The number of ether oxygens (including phenoxy) is 1. The summed E-state index contributed by atoms with van der Waals surface area (Å²) in [5.74, 6) is 5.90. The number of pyridine rings is 1. The number of nitrogens with zero attached hydrogens (tertiary/aromatic N) is 2. The van der Waals surface area contributed by atoms with Crippen molar-refractivity contribution in [3.63, 3.8) is 0 Å². The van der Waals surface area contributed by atoms with Gasteiger partial charge >= 0.3 is 11.6 Å². The molecular weight excluding hydrogens is 340 g/mol. The minimum atomic E-state index is -0.554. The fourth-order valence-electron chi connectivity index (χ4n) is 1.80. The molecule has 0 radical (unpaired) electrons. The summed E-state index contributed by atoms with van der Waals surface area (Å²) in [5, 5.41) is 11.0. The van der Waals surface area contributed by atoms with Gasteiger partial charge in [0.25, 0.3) is 0 Å². The van der Waals surface area contributed by atoms with Crippen LogP contribution >= 0.6 is 15.9 Å². The number of hydrogen-bond acceptors (Lipinski definition) is 6. The van der Waals surface area contributed by atoms with Crippen LogP contribution in [0.4, 0.5) is 11.5 Å². The highest BCUT2D eigenvalue weighted by molar-refractivity contribution is 9.10. The van der Waals surface area contributed by atoms with Crippen molar-refractivity contribution < 1.29 is 9.66 Å². The molecule has 0 saturated heterocycles. The third-order valence-corrected chi connectivity index (χ3v) is 4.06. The number of hydrogen-bond donors (Lipinski definition) is 2. The first kappa shape index (κ1) is 15.2. The zero-order valence-corrected chi connectivity index (χ0v) is 13.0. The average Bonchev–Trinajstić information content (AvgIpc) is 2.44. The number of nitro groups is 1. The standard InChI is InChI=1S/C13H13BrN4O3/c1-7-5-9(6-8(2)12(7)14)21-13-10(18(19)20)3-4-11(16-13)17-15/h3-6H,15H2,1-2H3,(H,16,17). The normalized spacial score (nSPS) is 10.3. The monoisotopic (exact) mass is 352 g/mol. The number of nitrogens with one attached hydrogen (secondary N) is 1. The maximum Gasteiger partial charge on any atom is 0.331 e. The summed E-state index contributed by atoms with van der Waals surface area (Å²) < 4.78 is 6.53. The Kier molecular flexibility index (Phi) is 4.39. The quantitative estimate of drug-likeness (QED) is 0.496. The van der Waals surface area contributed by atoms with Crippen LogP contribution in [0.1, 0.15) is 11.1 Å². The van der Waals surface area contributed by atoms with Gasteiger partial charge in [-0.25, -0.2) is 5.84 Å². The van der Waals surface area contributed by atoms with Crippen LogP contribution in [0.25, 0.3) is 0 Å². The van der Waals surface area contributed by atoms with Crippen LogP contribution in [-0.4, -0.2) is 9.91 Å². The molecule has 0 amide bonds. The molecule has 0 spiro atoms. The van der Waals surface area contributed by atoms with Gasteiger partial charge in [0.15, 0.2) is 0 Å². The van der Waals surface area contributed by atoms with Crippen LogP contribution in [-0.2, 0) is 0 Å². The van der Waals surface area contributed by atoms with Gasteiger partial charge in [-0.05, 0) is 43.2 Å². The molecule has 2 aromatic rings. The molecule has 0 saturated carbocycles. The van der Waals surface area contributed by atoms with Crippen molar-refractivity contribution >= 4 is 27.4 Å².